The number of rotatable bonds is 3. The van der Waals surface area contributed by atoms with E-state index in [-0.39, 0.29) is 0 Å². The lowest BCUT2D eigenvalue weighted by molar-refractivity contribution is -0.129. The van der Waals surface area contributed by atoms with Gasteiger partial charge in [0.2, 0.25) is 5.90 Å². The van der Waals surface area contributed by atoms with Crippen LogP contribution in [0.15, 0.2) is 77.4 Å². The average Bonchev–Trinajstić information content (AvgIpc) is 3.03. The fraction of sp³-hybridized carbons (Fsp3) is 0.130. The molecule has 0 N–H and O–H groups in total. The van der Waals surface area contributed by atoms with Gasteiger partial charge in [-0.1, -0.05) is 68.4 Å². The van der Waals surface area contributed by atoms with Gasteiger partial charge in [0.15, 0.2) is 5.70 Å². The van der Waals surface area contributed by atoms with Gasteiger partial charge in [0.25, 0.3) is 0 Å². The molecule has 0 fully saturated rings. The van der Waals surface area contributed by atoms with E-state index < -0.39 is 5.97 Å². The lowest BCUT2D eigenvalue weighted by atomic mass is 10.0. The van der Waals surface area contributed by atoms with Gasteiger partial charge in [0.05, 0.1) is 0 Å². The largest absolute Gasteiger partial charge is 0.402 e. The molecule has 3 aromatic rings. The molecule has 1 heterocycles. The number of carbonyl (C=O) groups is 1. The quantitative estimate of drug-likeness (QED) is 0.478. The van der Waals surface area contributed by atoms with Gasteiger partial charge in [-0.3, -0.25) is 0 Å². The van der Waals surface area contributed by atoms with Crippen LogP contribution in [-0.2, 0) is 9.53 Å². The summed E-state index contributed by atoms with van der Waals surface area (Å²) in [7, 11) is 0. The standard InChI is InChI=1S/C23H19NO2/c1-15(2)16-10-12-18(13-11-16)22-24-21(23(25)26-22)14-19-8-5-7-17-6-3-4-9-20(17)19/h3-15H,1-2H3/b21-14-. The Morgan fingerprint density at radius 3 is 2.42 bits per heavy atom. The highest BCUT2D eigenvalue weighted by Gasteiger charge is 2.24. The Bertz CT molecular complexity index is 1040. The Balaban J connectivity index is 1.70. The summed E-state index contributed by atoms with van der Waals surface area (Å²) in [4.78, 5) is 16.7. The van der Waals surface area contributed by atoms with E-state index in [0.29, 0.717) is 17.5 Å². The number of cyclic esters (lactones) is 1. The number of fused-ring (bicyclic) bond motifs is 1. The topological polar surface area (TPSA) is 38.7 Å². The van der Waals surface area contributed by atoms with Crippen molar-refractivity contribution in [3.63, 3.8) is 0 Å². The lowest BCUT2D eigenvalue weighted by Crippen LogP contribution is -2.05. The molecule has 4 rings (SSSR count). The van der Waals surface area contributed by atoms with Crippen molar-refractivity contribution < 1.29 is 9.53 Å². The molecular formula is C23H19NO2. The van der Waals surface area contributed by atoms with E-state index in [2.05, 4.69) is 31.0 Å². The zero-order valence-corrected chi connectivity index (χ0v) is 14.8. The molecule has 0 radical (unpaired) electrons. The third-order valence-electron chi connectivity index (χ3n) is 4.56. The molecule has 0 amide bonds. The first-order valence-corrected chi connectivity index (χ1v) is 8.72. The minimum Gasteiger partial charge on any atom is -0.402 e. The molecule has 0 bridgehead atoms. The Labute approximate surface area is 152 Å². The van der Waals surface area contributed by atoms with E-state index in [1.165, 1.54) is 5.56 Å². The third kappa shape index (κ3) is 3.04. The molecule has 0 atom stereocenters. The van der Waals surface area contributed by atoms with Crippen molar-refractivity contribution >= 4 is 28.7 Å². The van der Waals surface area contributed by atoms with Crippen LogP contribution in [0.4, 0.5) is 0 Å². The van der Waals surface area contributed by atoms with Crippen molar-refractivity contribution in [2.75, 3.05) is 0 Å². The van der Waals surface area contributed by atoms with Gasteiger partial charge in [-0.25, -0.2) is 9.79 Å². The highest BCUT2D eigenvalue weighted by atomic mass is 16.6. The van der Waals surface area contributed by atoms with Crippen LogP contribution >= 0.6 is 0 Å². The molecule has 0 saturated carbocycles. The average molecular weight is 341 g/mol. The van der Waals surface area contributed by atoms with Gasteiger partial charge in [0, 0.05) is 5.56 Å². The first-order valence-electron chi connectivity index (χ1n) is 8.72. The van der Waals surface area contributed by atoms with E-state index in [1.54, 1.807) is 6.08 Å². The second-order valence-electron chi connectivity index (χ2n) is 6.68. The minimum absolute atomic E-state index is 0.323. The van der Waals surface area contributed by atoms with E-state index in [0.717, 1.165) is 21.9 Å². The molecule has 3 nitrogen and oxygen atoms in total. The molecule has 0 spiro atoms. The predicted octanol–water partition coefficient (Wildman–Crippen LogP) is 5.31. The van der Waals surface area contributed by atoms with E-state index in [9.17, 15) is 4.79 Å². The summed E-state index contributed by atoms with van der Waals surface area (Å²) in [6.45, 7) is 4.29. The Morgan fingerprint density at radius 2 is 1.65 bits per heavy atom. The second kappa shape index (κ2) is 6.60. The summed E-state index contributed by atoms with van der Waals surface area (Å²) < 4.78 is 5.39. The smallest absolute Gasteiger partial charge is 0.363 e. The number of benzene rings is 3. The molecule has 1 aliphatic heterocycles. The summed E-state index contributed by atoms with van der Waals surface area (Å²) in [5, 5.41) is 2.21. The lowest BCUT2D eigenvalue weighted by Gasteiger charge is -2.05. The van der Waals surface area contributed by atoms with Gasteiger partial charge in [-0.2, -0.15) is 0 Å². The van der Waals surface area contributed by atoms with Crippen LogP contribution in [0, 0.1) is 0 Å². The fourth-order valence-corrected chi connectivity index (χ4v) is 3.07. The minimum atomic E-state index is -0.416. The van der Waals surface area contributed by atoms with Crippen LogP contribution in [-0.4, -0.2) is 11.9 Å². The monoisotopic (exact) mass is 341 g/mol. The molecule has 26 heavy (non-hydrogen) atoms. The maximum absolute atomic E-state index is 12.3. The highest BCUT2D eigenvalue weighted by molar-refractivity contribution is 6.13. The second-order valence-corrected chi connectivity index (χ2v) is 6.68. The Kier molecular flexibility index (Phi) is 4.13. The van der Waals surface area contributed by atoms with Gasteiger partial charge in [-0.15, -0.1) is 0 Å². The van der Waals surface area contributed by atoms with Crippen LogP contribution < -0.4 is 0 Å². The van der Waals surface area contributed by atoms with Crippen LogP contribution in [0.5, 0.6) is 0 Å². The normalized spacial score (nSPS) is 15.6. The van der Waals surface area contributed by atoms with Gasteiger partial charge in [0.1, 0.15) is 0 Å². The number of hydrogen-bond acceptors (Lipinski definition) is 3. The van der Waals surface area contributed by atoms with E-state index >= 15 is 0 Å². The first kappa shape index (κ1) is 16.3. The maximum Gasteiger partial charge on any atom is 0.363 e. The van der Waals surface area contributed by atoms with Crippen molar-refractivity contribution in [3.8, 4) is 0 Å². The van der Waals surface area contributed by atoms with Crippen LogP contribution in [0.3, 0.4) is 0 Å². The van der Waals surface area contributed by atoms with E-state index in [4.69, 9.17) is 4.74 Å². The van der Waals surface area contributed by atoms with Gasteiger partial charge in [-0.05, 0) is 46.0 Å². The zero-order valence-electron chi connectivity index (χ0n) is 14.8. The van der Waals surface area contributed by atoms with Crippen LogP contribution in [0.25, 0.3) is 16.8 Å². The number of carbonyl (C=O) groups excluding carboxylic acids is 1. The van der Waals surface area contributed by atoms with Crippen molar-refractivity contribution in [1.82, 2.24) is 0 Å². The number of ether oxygens (including phenoxy) is 1. The SMILES string of the molecule is CC(C)c1ccc(C2=N/C(=C\c3cccc4ccccc34)C(=O)O2)cc1. The Morgan fingerprint density at radius 1 is 0.923 bits per heavy atom. The number of hydrogen-bond donors (Lipinski definition) is 0. The van der Waals surface area contributed by atoms with Crippen LogP contribution in [0.1, 0.15) is 36.5 Å². The molecule has 0 unspecified atom stereocenters. The molecule has 3 heteroatoms. The molecule has 3 aromatic carbocycles. The number of esters is 1. The van der Waals surface area contributed by atoms with Crippen molar-refractivity contribution in [3.05, 3.63) is 89.1 Å². The van der Waals surface area contributed by atoms with Gasteiger partial charge >= 0.3 is 5.97 Å². The Hall–Kier alpha value is -3.20. The summed E-state index contributed by atoms with van der Waals surface area (Å²) in [6, 6.07) is 22.1. The van der Waals surface area contributed by atoms with Crippen molar-refractivity contribution in [2.24, 2.45) is 4.99 Å². The molecule has 1 aliphatic rings. The molecule has 0 saturated heterocycles. The summed E-state index contributed by atoms with van der Waals surface area (Å²) in [6.07, 6.45) is 1.79. The number of aliphatic imine (C=N–C) groups is 1. The molecular weight excluding hydrogens is 322 g/mol. The van der Waals surface area contributed by atoms with Crippen LogP contribution in [0.2, 0.25) is 0 Å². The fourth-order valence-electron chi connectivity index (χ4n) is 3.07. The third-order valence-corrected chi connectivity index (χ3v) is 4.56. The van der Waals surface area contributed by atoms with E-state index in [1.807, 2.05) is 54.6 Å². The molecule has 128 valence electrons. The summed E-state index contributed by atoms with van der Waals surface area (Å²) in [5.41, 5.74) is 3.33. The van der Waals surface area contributed by atoms with Gasteiger partial charge < -0.3 is 4.74 Å². The van der Waals surface area contributed by atoms with Crippen molar-refractivity contribution in [1.29, 1.82) is 0 Å². The number of nitrogens with zero attached hydrogens (tertiary/aromatic N) is 1. The van der Waals surface area contributed by atoms with Crippen molar-refractivity contribution in [2.45, 2.75) is 19.8 Å². The molecule has 0 aliphatic carbocycles. The predicted molar refractivity (Wildman–Crippen MR) is 105 cm³/mol. The zero-order chi connectivity index (χ0) is 18.1. The summed E-state index contributed by atoms with van der Waals surface area (Å²) in [5.74, 6) is 0.400. The highest BCUT2D eigenvalue weighted by Crippen LogP contribution is 2.25. The summed E-state index contributed by atoms with van der Waals surface area (Å²) >= 11 is 0. The molecule has 0 aromatic heterocycles. The first-order chi connectivity index (χ1) is 12.6. The maximum atomic E-state index is 12.3.